The van der Waals surface area contributed by atoms with E-state index in [1.54, 1.807) is 0 Å². The molecule has 102 valence electrons. The van der Waals surface area contributed by atoms with Crippen LogP contribution >= 0.6 is 15.9 Å². The molecule has 0 aliphatic rings. The molecule has 0 bridgehead atoms. The molecule has 0 unspecified atom stereocenters. The van der Waals surface area contributed by atoms with Gasteiger partial charge in [-0.3, -0.25) is 14.9 Å². The highest BCUT2D eigenvalue weighted by Crippen LogP contribution is 2.27. The van der Waals surface area contributed by atoms with Crippen LogP contribution < -0.4 is 5.32 Å². The van der Waals surface area contributed by atoms with Crippen LogP contribution in [0.15, 0.2) is 46.9 Å². The quantitative estimate of drug-likeness (QED) is 0.684. The number of nitro groups is 1. The summed E-state index contributed by atoms with van der Waals surface area (Å²) in [5.41, 5.74) is 0.599. The summed E-state index contributed by atoms with van der Waals surface area (Å²) in [6.07, 6.45) is 0. The number of carbonyl (C=O) groups excluding carboxylic acids is 1. The van der Waals surface area contributed by atoms with E-state index in [9.17, 15) is 19.3 Å². The molecule has 0 heterocycles. The molecule has 0 fully saturated rings. The summed E-state index contributed by atoms with van der Waals surface area (Å²) in [7, 11) is 0. The summed E-state index contributed by atoms with van der Waals surface area (Å²) in [4.78, 5) is 22.0. The SMILES string of the molecule is O=C(Nc1ccc([N+](=O)[O-])c(Br)c1)c1ccc(F)cc1. The van der Waals surface area contributed by atoms with E-state index < -0.39 is 16.6 Å². The van der Waals surface area contributed by atoms with E-state index in [0.717, 1.165) is 0 Å². The molecule has 0 aliphatic carbocycles. The Hall–Kier alpha value is -2.28. The molecule has 0 saturated carbocycles. The first-order chi connectivity index (χ1) is 9.47. The second-order valence-electron chi connectivity index (χ2n) is 3.88. The number of nitrogens with one attached hydrogen (secondary N) is 1. The maximum absolute atomic E-state index is 12.7. The Morgan fingerprint density at radius 1 is 1.20 bits per heavy atom. The van der Waals surface area contributed by atoms with Crippen LogP contribution in [0.3, 0.4) is 0 Å². The molecule has 2 aromatic carbocycles. The molecule has 0 radical (unpaired) electrons. The van der Waals surface area contributed by atoms with Crippen molar-refractivity contribution in [1.82, 2.24) is 0 Å². The molecule has 2 rings (SSSR count). The van der Waals surface area contributed by atoms with Gasteiger partial charge in [-0.15, -0.1) is 0 Å². The molecular weight excluding hydrogens is 331 g/mol. The first-order valence-electron chi connectivity index (χ1n) is 5.48. The van der Waals surface area contributed by atoms with Gasteiger partial charge in [0.2, 0.25) is 0 Å². The fourth-order valence-corrected chi connectivity index (χ4v) is 2.06. The third-order valence-corrected chi connectivity index (χ3v) is 3.14. The minimum atomic E-state index is -0.532. The van der Waals surface area contributed by atoms with Crippen LogP contribution in [0.2, 0.25) is 0 Å². The number of carbonyl (C=O) groups is 1. The van der Waals surface area contributed by atoms with Crippen LogP contribution in [0.5, 0.6) is 0 Å². The Morgan fingerprint density at radius 3 is 2.40 bits per heavy atom. The van der Waals surface area contributed by atoms with Crippen molar-refractivity contribution in [2.75, 3.05) is 5.32 Å². The second-order valence-corrected chi connectivity index (χ2v) is 4.74. The zero-order chi connectivity index (χ0) is 14.7. The molecule has 0 aromatic heterocycles. The van der Waals surface area contributed by atoms with E-state index in [-0.39, 0.29) is 10.2 Å². The van der Waals surface area contributed by atoms with Crippen LogP contribution in [0.1, 0.15) is 10.4 Å². The van der Waals surface area contributed by atoms with E-state index in [1.807, 2.05) is 0 Å². The zero-order valence-electron chi connectivity index (χ0n) is 9.97. The lowest BCUT2D eigenvalue weighted by Crippen LogP contribution is -2.11. The highest BCUT2D eigenvalue weighted by molar-refractivity contribution is 9.10. The molecule has 0 aliphatic heterocycles. The summed E-state index contributed by atoms with van der Waals surface area (Å²) in [5.74, 6) is -0.856. The molecule has 0 atom stereocenters. The van der Waals surface area contributed by atoms with Crippen LogP contribution in [0.4, 0.5) is 15.8 Å². The normalized spacial score (nSPS) is 10.1. The lowest BCUT2D eigenvalue weighted by atomic mass is 10.2. The second kappa shape index (κ2) is 5.79. The number of rotatable bonds is 3. The third kappa shape index (κ3) is 3.18. The lowest BCUT2D eigenvalue weighted by molar-refractivity contribution is -0.385. The number of hydrogen-bond acceptors (Lipinski definition) is 3. The van der Waals surface area contributed by atoms with E-state index >= 15 is 0 Å². The third-order valence-electron chi connectivity index (χ3n) is 2.51. The van der Waals surface area contributed by atoms with E-state index in [2.05, 4.69) is 21.2 Å². The number of nitro benzene ring substituents is 1. The van der Waals surface area contributed by atoms with Gasteiger partial charge in [0.25, 0.3) is 11.6 Å². The van der Waals surface area contributed by atoms with Gasteiger partial charge in [-0.25, -0.2) is 4.39 Å². The number of anilines is 1. The van der Waals surface area contributed by atoms with E-state index in [0.29, 0.717) is 11.3 Å². The summed E-state index contributed by atoms with van der Waals surface area (Å²) in [6.45, 7) is 0. The van der Waals surface area contributed by atoms with Crippen molar-refractivity contribution < 1.29 is 14.1 Å². The van der Waals surface area contributed by atoms with Crippen molar-refractivity contribution in [3.05, 3.63) is 68.4 Å². The average molecular weight is 339 g/mol. The molecule has 0 spiro atoms. The van der Waals surface area contributed by atoms with Crippen LogP contribution in [0, 0.1) is 15.9 Å². The smallest absolute Gasteiger partial charge is 0.283 e. The lowest BCUT2D eigenvalue weighted by Gasteiger charge is -2.06. The Labute approximate surface area is 121 Å². The summed E-state index contributed by atoms with van der Waals surface area (Å²) in [5, 5.41) is 13.2. The summed E-state index contributed by atoms with van der Waals surface area (Å²) in [6, 6.07) is 9.20. The summed E-state index contributed by atoms with van der Waals surface area (Å²) >= 11 is 3.06. The van der Waals surface area contributed by atoms with Crippen molar-refractivity contribution in [3.63, 3.8) is 0 Å². The van der Waals surface area contributed by atoms with Crippen LogP contribution in [-0.4, -0.2) is 10.8 Å². The first-order valence-corrected chi connectivity index (χ1v) is 6.27. The molecule has 1 N–H and O–H groups in total. The van der Waals surface area contributed by atoms with Crippen molar-refractivity contribution >= 4 is 33.2 Å². The van der Waals surface area contributed by atoms with Gasteiger partial charge in [0.15, 0.2) is 0 Å². The molecule has 0 saturated heterocycles. The Balaban J connectivity index is 2.18. The van der Waals surface area contributed by atoms with E-state index in [1.165, 1.54) is 42.5 Å². The minimum absolute atomic E-state index is 0.0928. The molecule has 5 nitrogen and oxygen atoms in total. The Bertz CT molecular complexity index is 674. The fraction of sp³-hybridized carbons (Fsp3) is 0. The molecule has 7 heteroatoms. The maximum atomic E-state index is 12.7. The molecule has 20 heavy (non-hydrogen) atoms. The Kier molecular flexibility index (Phi) is 4.09. The van der Waals surface area contributed by atoms with Gasteiger partial charge in [0, 0.05) is 17.3 Å². The van der Waals surface area contributed by atoms with Crippen molar-refractivity contribution in [2.45, 2.75) is 0 Å². The van der Waals surface area contributed by atoms with Gasteiger partial charge >= 0.3 is 0 Å². The first kappa shape index (κ1) is 14.1. The molecular formula is C13H8BrFN2O3. The van der Waals surface area contributed by atoms with Crippen LogP contribution in [0.25, 0.3) is 0 Å². The van der Waals surface area contributed by atoms with E-state index in [4.69, 9.17) is 0 Å². The number of benzene rings is 2. The van der Waals surface area contributed by atoms with Crippen molar-refractivity contribution in [3.8, 4) is 0 Å². The molecule has 2 aromatic rings. The number of amides is 1. The fourth-order valence-electron chi connectivity index (χ4n) is 1.54. The minimum Gasteiger partial charge on any atom is -0.322 e. The highest BCUT2D eigenvalue weighted by atomic mass is 79.9. The van der Waals surface area contributed by atoms with Gasteiger partial charge in [-0.2, -0.15) is 0 Å². The summed E-state index contributed by atoms with van der Waals surface area (Å²) < 4.78 is 13.0. The van der Waals surface area contributed by atoms with Gasteiger partial charge in [-0.05, 0) is 52.3 Å². The Morgan fingerprint density at radius 2 is 1.85 bits per heavy atom. The molecule has 1 amide bonds. The topological polar surface area (TPSA) is 72.2 Å². The predicted octanol–water partition coefficient (Wildman–Crippen LogP) is 3.75. The highest BCUT2D eigenvalue weighted by Gasteiger charge is 2.13. The average Bonchev–Trinajstić information content (AvgIpc) is 2.39. The zero-order valence-corrected chi connectivity index (χ0v) is 11.6. The van der Waals surface area contributed by atoms with Gasteiger partial charge in [0.1, 0.15) is 5.82 Å². The largest absolute Gasteiger partial charge is 0.322 e. The predicted molar refractivity (Wildman–Crippen MR) is 75.1 cm³/mol. The standard InChI is InChI=1S/C13H8BrFN2O3/c14-11-7-10(5-6-12(11)17(19)20)16-13(18)8-1-3-9(15)4-2-8/h1-7H,(H,16,18). The van der Waals surface area contributed by atoms with Crippen molar-refractivity contribution in [1.29, 1.82) is 0 Å². The number of hydrogen-bond donors (Lipinski definition) is 1. The van der Waals surface area contributed by atoms with Crippen molar-refractivity contribution in [2.24, 2.45) is 0 Å². The van der Waals surface area contributed by atoms with Gasteiger partial charge < -0.3 is 5.32 Å². The monoisotopic (exact) mass is 338 g/mol. The maximum Gasteiger partial charge on any atom is 0.283 e. The number of halogens is 2. The van der Waals surface area contributed by atoms with Gasteiger partial charge in [-0.1, -0.05) is 0 Å². The van der Waals surface area contributed by atoms with Crippen LogP contribution in [-0.2, 0) is 0 Å². The number of nitrogens with zero attached hydrogens (tertiary/aromatic N) is 1. The van der Waals surface area contributed by atoms with Gasteiger partial charge in [0.05, 0.1) is 9.40 Å².